The molecule has 0 spiro atoms. The maximum atomic E-state index is 5.92. The molecule has 0 atom stereocenters. The molecule has 1 saturated carbocycles. The fourth-order valence-corrected chi connectivity index (χ4v) is 2.98. The molecule has 1 heteroatoms. The van der Waals surface area contributed by atoms with Crippen LogP contribution in [0.5, 0.6) is 0 Å². The molecule has 0 aromatic heterocycles. The van der Waals surface area contributed by atoms with Gasteiger partial charge in [-0.25, -0.2) is 0 Å². The summed E-state index contributed by atoms with van der Waals surface area (Å²) in [7, 11) is 0. The van der Waals surface area contributed by atoms with E-state index in [0.717, 1.165) is 0 Å². The minimum absolute atomic E-state index is 0.477. The summed E-state index contributed by atoms with van der Waals surface area (Å²) in [5.74, 6) is 0. The summed E-state index contributed by atoms with van der Waals surface area (Å²) in [5, 5.41) is 0. The first kappa shape index (κ1) is 16.8. The van der Waals surface area contributed by atoms with Crippen molar-refractivity contribution < 1.29 is 0 Å². The third-order valence-corrected chi connectivity index (χ3v) is 4.41. The Balaban J connectivity index is 1.84. The van der Waals surface area contributed by atoms with Crippen LogP contribution in [-0.4, -0.2) is 6.04 Å². The zero-order valence-electron chi connectivity index (χ0n) is 13.1. The van der Waals surface area contributed by atoms with E-state index in [2.05, 4.69) is 13.0 Å². The van der Waals surface area contributed by atoms with E-state index in [9.17, 15) is 0 Å². The van der Waals surface area contributed by atoms with Gasteiger partial charge in [0.2, 0.25) is 0 Å². The molecule has 1 nitrogen and oxygen atoms in total. The van der Waals surface area contributed by atoms with Gasteiger partial charge in [-0.1, -0.05) is 69.9 Å². The molecule has 0 aliphatic heterocycles. The van der Waals surface area contributed by atoms with Crippen LogP contribution in [0.1, 0.15) is 96.8 Å². The molecule has 0 aromatic carbocycles. The van der Waals surface area contributed by atoms with Crippen LogP contribution >= 0.6 is 0 Å². The van der Waals surface area contributed by atoms with Gasteiger partial charge in [-0.2, -0.15) is 0 Å². The lowest BCUT2D eigenvalue weighted by Gasteiger charge is -2.20. The lowest BCUT2D eigenvalue weighted by molar-refractivity contribution is 0.509. The van der Waals surface area contributed by atoms with Crippen molar-refractivity contribution in [3.05, 3.63) is 11.6 Å². The number of hydrogen-bond acceptors (Lipinski definition) is 1. The van der Waals surface area contributed by atoms with Gasteiger partial charge in [0, 0.05) is 6.04 Å². The third-order valence-electron chi connectivity index (χ3n) is 4.41. The Morgan fingerprint density at radius 2 is 1.42 bits per heavy atom. The fourth-order valence-electron chi connectivity index (χ4n) is 2.98. The highest BCUT2D eigenvalue weighted by molar-refractivity contribution is 5.05. The van der Waals surface area contributed by atoms with Crippen LogP contribution < -0.4 is 5.73 Å². The first-order chi connectivity index (χ1) is 9.33. The predicted octanol–water partition coefficient (Wildman–Crippen LogP) is 5.74. The number of unbranched alkanes of at least 4 members (excludes halogenated alkanes) is 9. The summed E-state index contributed by atoms with van der Waals surface area (Å²) < 4.78 is 0. The first-order valence-electron chi connectivity index (χ1n) is 8.76. The summed E-state index contributed by atoms with van der Waals surface area (Å²) in [6.45, 7) is 2.29. The molecule has 2 N–H and O–H groups in total. The smallest absolute Gasteiger partial charge is 0.00449 e. The fraction of sp³-hybridized carbons (Fsp3) is 0.889. The number of rotatable bonds is 10. The third kappa shape index (κ3) is 9.27. The minimum atomic E-state index is 0.477. The van der Waals surface area contributed by atoms with E-state index in [0.29, 0.717) is 6.04 Å². The van der Waals surface area contributed by atoms with E-state index >= 15 is 0 Å². The van der Waals surface area contributed by atoms with Crippen LogP contribution in [0.3, 0.4) is 0 Å². The van der Waals surface area contributed by atoms with Crippen molar-refractivity contribution in [2.75, 3.05) is 0 Å². The van der Waals surface area contributed by atoms with Crippen LogP contribution in [0, 0.1) is 0 Å². The maximum Gasteiger partial charge on any atom is 0.00449 e. The first-order valence-corrected chi connectivity index (χ1v) is 8.76. The highest BCUT2D eigenvalue weighted by Gasteiger charge is 2.11. The van der Waals surface area contributed by atoms with Crippen LogP contribution in [-0.2, 0) is 0 Å². The quantitative estimate of drug-likeness (QED) is 0.396. The maximum absolute atomic E-state index is 5.92. The monoisotopic (exact) mass is 265 g/mol. The van der Waals surface area contributed by atoms with E-state index in [1.165, 1.54) is 89.9 Å². The molecular formula is C18H35N. The molecule has 0 amide bonds. The van der Waals surface area contributed by atoms with Crippen molar-refractivity contribution >= 4 is 0 Å². The second-order valence-electron chi connectivity index (χ2n) is 6.32. The molecule has 1 aliphatic carbocycles. The van der Waals surface area contributed by atoms with E-state index in [1.807, 2.05) is 0 Å². The van der Waals surface area contributed by atoms with Crippen LogP contribution in [0.4, 0.5) is 0 Å². The van der Waals surface area contributed by atoms with Crippen molar-refractivity contribution in [2.45, 2.75) is 103 Å². The standard InChI is InChI=1S/C18H35N/c1-2-3-4-5-6-7-8-9-10-11-12-17-13-15-18(19)16-14-17/h12,18H,2-11,13-16,19H2,1H3. The zero-order chi connectivity index (χ0) is 13.8. The molecule has 0 heterocycles. The Kier molecular flexibility index (Phi) is 10.2. The van der Waals surface area contributed by atoms with E-state index < -0.39 is 0 Å². The van der Waals surface area contributed by atoms with Crippen LogP contribution in [0.2, 0.25) is 0 Å². The van der Waals surface area contributed by atoms with Gasteiger partial charge in [0.15, 0.2) is 0 Å². The summed E-state index contributed by atoms with van der Waals surface area (Å²) in [4.78, 5) is 0. The molecule has 0 bridgehead atoms. The van der Waals surface area contributed by atoms with E-state index in [4.69, 9.17) is 5.73 Å². The molecule has 0 saturated heterocycles. The van der Waals surface area contributed by atoms with Gasteiger partial charge in [-0.05, 0) is 38.5 Å². The molecule has 0 aromatic rings. The SMILES string of the molecule is CCCCCCCCCCCC=C1CCC(N)CC1. The largest absolute Gasteiger partial charge is 0.328 e. The predicted molar refractivity (Wildman–Crippen MR) is 86.4 cm³/mol. The van der Waals surface area contributed by atoms with Crippen molar-refractivity contribution in [3.63, 3.8) is 0 Å². The van der Waals surface area contributed by atoms with Crippen molar-refractivity contribution in [2.24, 2.45) is 5.73 Å². The number of allylic oxidation sites excluding steroid dienone is 2. The molecule has 112 valence electrons. The van der Waals surface area contributed by atoms with Crippen LogP contribution in [0.25, 0.3) is 0 Å². The lowest BCUT2D eigenvalue weighted by atomic mass is 9.90. The van der Waals surface area contributed by atoms with Crippen molar-refractivity contribution in [1.82, 2.24) is 0 Å². The second-order valence-corrected chi connectivity index (χ2v) is 6.32. The molecule has 1 fully saturated rings. The van der Waals surface area contributed by atoms with Crippen LogP contribution in [0.15, 0.2) is 11.6 Å². The zero-order valence-corrected chi connectivity index (χ0v) is 13.1. The van der Waals surface area contributed by atoms with Gasteiger partial charge in [0.05, 0.1) is 0 Å². The highest BCUT2D eigenvalue weighted by atomic mass is 14.6. The molecule has 0 radical (unpaired) electrons. The Morgan fingerprint density at radius 3 is 2.00 bits per heavy atom. The van der Waals surface area contributed by atoms with Gasteiger partial charge in [-0.15, -0.1) is 0 Å². The van der Waals surface area contributed by atoms with Crippen molar-refractivity contribution in [3.8, 4) is 0 Å². The minimum Gasteiger partial charge on any atom is -0.328 e. The molecule has 0 unspecified atom stereocenters. The summed E-state index contributed by atoms with van der Waals surface area (Å²) in [6.07, 6.45) is 21.6. The Bertz CT molecular complexity index is 222. The number of hydrogen-bond donors (Lipinski definition) is 1. The summed E-state index contributed by atoms with van der Waals surface area (Å²) in [5.41, 5.74) is 7.60. The van der Waals surface area contributed by atoms with Gasteiger partial charge in [-0.3, -0.25) is 0 Å². The molecule has 1 rings (SSSR count). The summed E-state index contributed by atoms with van der Waals surface area (Å²) >= 11 is 0. The molecule has 19 heavy (non-hydrogen) atoms. The van der Waals surface area contributed by atoms with E-state index in [1.54, 1.807) is 5.57 Å². The topological polar surface area (TPSA) is 26.0 Å². The normalized spacial score (nSPS) is 19.7. The molecule has 1 aliphatic rings. The summed E-state index contributed by atoms with van der Waals surface area (Å²) in [6, 6.07) is 0.477. The van der Waals surface area contributed by atoms with Gasteiger partial charge in [0.1, 0.15) is 0 Å². The van der Waals surface area contributed by atoms with Gasteiger partial charge < -0.3 is 5.73 Å². The van der Waals surface area contributed by atoms with Crippen molar-refractivity contribution in [1.29, 1.82) is 0 Å². The Morgan fingerprint density at radius 1 is 0.895 bits per heavy atom. The average molecular weight is 265 g/mol. The Hall–Kier alpha value is -0.300. The molecular weight excluding hydrogens is 230 g/mol. The number of nitrogens with two attached hydrogens (primary N) is 1. The lowest BCUT2D eigenvalue weighted by Crippen LogP contribution is -2.23. The Labute approximate surface area is 121 Å². The van der Waals surface area contributed by atoms with Gasteiger partial charge >= 0.3 is 0 Å². The highest BCUT2D eigenvalue weighted by Crippen LogP contribution is 2.23. The van der Waals surface area contributed by atoms with Gasteiger partial charge in [0.25, 0.3) is 0 Å². The average Bonchev–Trinajstić information content (AvgIpc) is 2.43. The second kappa shape index (κ2) is 11.5. The van der Waals surface area contributed by atoms with E-state index in [-0.39, 0.29) is 0 Å².